The number of hydrogen-bond donors (Lipinski definition) is 0. The van der Waals surface area contributed by atoms with E-state index in [-0.39, 0.29) is 11.8 Å². The number of fused-ring (bicyclic) bond motifs is 1. The van der Waals surface area contributed by atoms with E-state index in [2.05, 4.69) is 4.90 Å². The lowest BCUT2D eigenvalue weighted by Gasteiger charge is -2.24. The van der Waals surface area contributed by atoms with Crippen molar-refractivity contribution in [3.63, 3.8) is 0 Å². The van der Waals surface area contributed by atoms with Gasteiger partial charge in [0.25, 0.3) is 0 Å². The van der Waals surface area contributed by atoms with Crippen molar-refractivity contribution < 1.29 is 12.8 Å². The van der Waals surface area contributed by atoms with Crippen LogP contribution in [-0.4, -0.2) is 48.5 Å². The summed E-state index contributed by atoms with van der Waals surface area (Å²) in [5.74, 6) is 2.10. The second-order valence-electron chi connectivity index (χ2n) is 5.71. The van der Waals surface area contributed by atoms with Gasteiger partial charge < -0.3 is 4.42 Å². The molecule has 0 unspecified atom stereocenters. The van der Waals surface area contributed by atoms with E-state index in [4.69, 9.17) is 4.42 Å². The van der Waals surface area contributed by atoms with Crippen LogP contribution in [0, 0.1) is 6.92 Å². The van der Waals surface area contributed by atoms with Gasteiger partial charge in [0.05, 0.1) is 12.3 Å². The molecule has 20 heavy (non-hydrogen) atoms. The van der Waals surface area contributed by atoms with Gasteiger partial charge in [-0.1, -0.05) is 0 Å². The number of aryl methyl sites for hydroxylation is 1. The van der Waals surface area contributed by atoms with Gasteiger partial charge in [-0.2, -0.15) is 4.31 Å². The van der Waals surface area contributed by atoms with Gasteiger partial charge in [0.15, 0.2) is 0 Å². The molecule has 2 atom stereocenters. The fourth-order valence-corrected chi connectivity index (χ4v) is 4.89. The van der Waals surface area contributed by atoms with Crippen LogP contribution in [0.5, 0.6) is 0 Å². The molecule has 0 amide bonds. The van der Waals surface area contributed by atoms with Crippen LogP contribution in [0.15, 0.2) is 16.5 Å². The first-order valence-electron chi connectivity index (χ1n) is 7.30. The van der Waals surface area contributed by atoms with Crippen LogP contribution >= 0.6 is 0 Å². The van der Waals surface area contributed by atoms with Crippen molar-refractivity contribution in [2.75, 3.05) is 18.8 Å². The lowest BCUT2D eigenvalue weighted by molar-refractivity contribution is 0.220. The molecular weight excluding hydrogens is 276 g/mol. The van der Waals surface area contributed by atoms with Crippen molar-refractivity contribution >= 4 is 10.0 Å². The minimum Gasteiger partial charge on any atom is -0.465 e. The summed E-state index contributed by atoms with van der Waals surface area (Å²) in [4.78, 5) is 2.37. The molecular formula is C14H22N2O3S. The predicted octanol–water partition coefficient (Wildman–Crippen LogP) is 1.59. The van der Waals surface area contributed by atoms with Crippen LogP contribution < -0.4 is 0 Å². The molecule has 0 spiro atoms. The van der Waals surface area contributed by atoms with Crippen LogP contribution in [0.4, 0.5) is 0 Å². The Bertz CT molecular complexity index is 581. The molecule has 1 aromatic rings. The summed E-state index contributed by atoms with van der Waals surface area (Å²) in [6.45, 7) is 6.07. The molecule has 0 bridgehead atoms. The van der Waals surface area contributed by atoms with Crippen molar-refractivity contribution in [3.8, 4) is 0 Å². The average Bonchev–Trinajstić information content (AvgIpc) is 3.08. The van der Waals surface area contributed by atoms with Gasteiger partial charge in [0.1, 0.15) is 11.5 Å². The first-order valence-corrected chi connectivity index (χ1v) is 8.91. The minimum absolute atomic E-state index is 0.163. The van der Waals surface area contributed by atoms with Crippen molar-refractivity contribution in [1.82, 2.24) is 9.21 Å². The Hall–Kier alpha value is -0.850. The molecule has 0 N–H and O–H groups in total. The largest absolute Gasteiger partial charge is 0.465 e. The first-order chi connectivity index (χ1) is 9.51. The fraction of sp³-hybridized carbons (Fsp3) is 0.714. The van der Waals surface area contributed by atoms with Crippen molar-refractivity contribution in [2.45, 2.75) is 45.3 Å². The zero-order chi connectivity index (χ0) is 14.3. The molecule has 0 aromatic carbocycles. The van der Waals surface area contributed by atoms with E-state index in [1.54, 1.807) is 11.2 Å². The second kappa shape index (κ2) is 5.16. The maximum absolute atomic E-state index is 12.1. The molecule has 2 aliphatic rings. The Morgan fingerprint density at radius 1 is 1.25 bits per heavy atom. The van der Waals surface area contributed by atoms with Gasteiger partial charge in [-0.25, -0.2) is 8.42 Å². The molecule has 5 nitrogen and oxygen atoms in total. The van der Waals surface area contributed by atoms with E-state index in [9.17, 15) is 8.42 Å². The summed E-state index contributed by atoms with van der Waals surface area (Å²) in [5, 5.41) is 0. The Morgan fingerprint density at radius 3 is 2.65 bits per heavy atom. The lowest BCUT2D eigenvalue weighted by atomic mass is 10.1. The maximum atomic E-state index is 12.1. The second-order valence-corrected chi connectivity index (χ2v) is 7.92. The Kier molecular flexibility index (Phi) is 3.64. The normalized spacial score (nSPS) is 28.1. The Labute approximate surface area is 120 Å². The SMILES string of the molecule is CCS(=O)(=O)N1CC[C@H]2[C@H]1CCN2Cc1ccc(C)o1. The molecule has 1 aromatic heterocycles. The van der Waals surface area contributed by atoms with Gasteiger partial charge >= 0.3 is 0 Å². The molecule has 0 aliphatic carbocycles. The summed E-state index contributed by atoms with van der Waals surface area (Å²) < 4.78 is 31.6. The smallest absolute Gasteiger partial charge is 0.214 e. The summed E-state index contributed by atoms with van der Waals surface area (Å²) in [7, 11) is -3.06. The van der Waals surface area contributed by atoms with Gasteiger partial charge in [-0.15, -0.1) is 0 Å². The highest BCUT2D eigenvalue weighted by Crippen LogP contribution is 2.34. The van der Waals surface area contributed by atoms with Gasteiger partial charge in [-0.05, 0) is 38.8 Å². The number of likely N-dealkylation sites (tertiary alicyclic amines) is 1. The zero-order valence-electron chi connectivity index (χ0n) is 12.1. The highest BCUT2D eigenvalue weighted by atomic mass is 32.2. The van der Waals surface area contributed by atoms with Crippen LogP contribution in [-0.2, 0) is 16.6 Å². The first kappa shape index (κ1) is 14.1. The highest BCUT2D eigenvalue weighted by molar-refractivity contribution is 7.89. The average molecular weight is 298 g/mol. The number of furan rings is 1. The Morgan fingerprint density at radius 2 is 2.00 bits per heavy atom. The molecule has 2 aliphatic heterocycles. The minimum atomic E-state index is -3.06. The van der Waals surface area contributed by atoms with Crippen molar-refractivity contribution in [1.29, 1.82) is 0 Å². The standard InChI is InChI=1S/C14H22N2O3S/c1-3-20(17,18)16-9-7-13-14(16)6-8-15(13)10-12-5-4-11(2)19-12/h4-5,13-14H,3,6-10H2,1-2H3/t13-,14+/m0/s1. The third kappa shape index (κ3) is 2.40. The quantitative estimate of drug-likeness (QED) is 0.847. The molecule has 6 heteroatoms. The third-order valence-electron chi connectivity index (χ3n) is 4.52. The maximum Gasteiger partial charge on any atom is 0.214 e. The van der Waals surface area contributed by atoms with Crippen LogP contribution in [0.1, 0.15) is 31.3 Å². The fourth-order valence-electron chi connectivity index (χ4n) is 3.51. The topological polar surface area (TPSA) is 53.8 Å². The summed E-state index contributed by atoms with van der Waals surface area (Å²) in [6, 6.07) is 4.50. The summed E-state index contributed by atoms with van der Waals surface area (Å²) in [6.07, 6.45) is 1.87. The van der Waals surface area contributed by atoms with E-state index in [1.807, 2.05) is 19.1 Å². The van der Waals surface area contributed by atoms with Crippen molar-refractivity contribution in [3.05, 3.63) is 23.7 Å². The molecule has 112 valence electrons. The van der Waals surface area contributed by atoms with E-state index in [0.29, 0.717) is 12.6 Å². The highest BCUT2D eigenvalue weighted by Gasteiger charge is 2.46. The monoisotopic (exact) mass is 298 g/mol. The molecule has 0 saturated carbocycles. The van der Waals surface area contributed by atoms with Gasteiger partial charge in [0.2, 0.25) is 10.0 Å². The number of sulfonamides is 1. The zero-order valence-corrected chi connectivity index (χ0v) is 12.9. The van der Waals surface area contributed by atoms with Crippen LogP contribution in [0.25, 0.3) is 0 Å². The van der Waals surface area contributed by atoms with Gasteiger partial charge in [0, 0.05) is 25.2 Å². The van der Waals surface area contributed by atoms with E-state index in [0.717, 1.165) is 37.5 Å². The third-order valence-corrected chi connectivity index (χ3v) is 6.42. The predicted molar refractivity (Wildman–Crippen MR) is 76.8 cm³/mol. The van der Waals surface area contributed by atoms with E-state index < -0.39 is 10.0 Å². The summed E-state index contributed by atoms with van der Waals surface area (Å²) in [5.41, 5.74) is 0. The molecule has 3 rings (SSSR count). The van der Waals surface area contributed by atoms with Gasteiger partial charge in [-0.3, -0.25) is 4.90 Å². The van der Waals surface area contributed by atoms with Crippen LogP contribution in [0.2, 0.25) is 0 Å². The molecule has 3 heterocycles. The van der Waals surface area contributed by atoms with Crippen molar-refractivity contribution in [2.24, 2.45) is 0 Å². The summed E-state index contributed by atoms with van der Waals surface area (Å²) >= 11 is 0. The van der Waals surface area contributed by atoms with E-state index >= 15 is 0 Å². The number of rotatable bonds is 4. The molecule has 2 saturated heterocycles. The molecule has 0 radical (unpaired) electrons. The number of nitrogens with zero attached hydrogens (tertiary/aromatic N) is 2. The van der Waals surface area contributed by atoms with Crippen LogP contribution in [0.3, 0.4) is 0 Å². The Balaban J connectivity index is 1.71. The lowest BCUT2D eigenvalue weighted by Crippen LogP contribution is -2.40. The molecule has 2 fully saturated rings. The number of hydrogen-bond acceptors (Lipinski definition) is 4. The van der Waals surface area contributed by atoms with E-state index in [1.165, 1.54) is 0 Å².